The van der Waals surface area contributed by atoms with Crippen LogP contribution in [0.1, 0.15) is 19.5 Å². The fourth-order valence-corrected chi connectivity index (χ4v) is 0.699. The molecule has 0 atom stereocenters. The minimum absolute atomic E-state index is 0.0742. The summed E-state index contributed by atoms with van der Waals surface area (Å²) in [4.78, 5) is 10.8. The molecule has 0 aromatic carbocycles. The number of nitrogens with zero attached hydrogens (tertiary/aromatic N) is 3. The van der Waals surface area contributed by atoms with Crippen LogP contribution >= 0.6 is 0 Å². The van der Waals surface area contributed by atoms with Crippen LogP contribution in [0.3, 0.4) is 0 Å². The van der Waals surface area contributed by atoms with E-state index in [9.17, 15) is 4.79 Å². The van der Waals surface area contributed by atoms with Gasteiger partial charge >= 0.3 is 0 Å². The molecule has 1 aromatic heterocycles. The Balaban J connectivity index is 0.000000671. The van der Waals surface area contributed by atoms with E-state index in [1.807, 2.05) is 20.8 Å². The maximum Gasteiger partial charge on any atom is 0.241 e. The Morgan fingerprint density at radius 2 is 2.23 bits per heavy atom. The lowest BCUT2D eigenvalue weighted by Crippen LogP contribution is -2.23. The molecule has 0 bridgehead atoms. The molecule has 74 valence electrons. The summed E-state index contributed by atoms with van der Waals surface area (Å²) in [7, 11) is 1.59. The molecule has 0 aliphatic heterocycles. The zero-order valence-electron chi connectivity index (χ0n) is 8.53. The van der Waals surface area contributed by atoms with Crippen molar-refractivity contribution >= 4 is 5.91 Å². The molecule has 0 saturated heterocycles. The topological polar surface area (TPSA) is 59.8 Å². The Kier molecular flexibility index (Phi) is 5.50. The van der Waals surface area contributed by atoms with E-state index in [1.165, 1.54) is 4.68 Å². The molecule has 5 heteroatoms. The van der Waals surface area contributed by atoms with Gasteiger partial charge in [0, 0.05) is 13.2 Å². The number of amides is 1. The van der Waals surface area contributed by atoms with Gasteiger partial charge in [-0.2, -0.15) is 0 Å². The van der Waals surface area contributed by atoms with Crippen molar-refractivity contribution in [3.8, 4) is 0 Å². The number of aromatic nitrogens is 3. The molecule has 0 aliphatic carbocycles. The van der Waals surface area contributed by atoms with E-state index in [0.717, 1.165) is 5.69 Å². The second-order valence-corrected chi connectivity index (χ2v) is 2.23. The normalized spacial score (nSPS) is 8.62. The van der Waals surface area contributed by atoms with E-state index in [2.05, 4.69) is 15.6 Å². The number of rotatable bonds is 2. The lowest BCUT2D eigenvalue weighted by atomic mass is 10.5. The van der Waals surface area contributed by atoms with Gasteiger partial charge in [0.05, 0.1) is 5.69 Å². The SMILES string of the molecule is CC.CNC(=O)Cn1cc(C)nn1. The number of carbonyl (C=O) groups is 1. The van der Waals surface area contributed by atoms with Gasteiger partial charge in [0.25, 0.3) is 0 Å². The van der Waals surface area contributed by atoms with Crippen molar-refractivity contribution in [1.82, 2.24) is 20.3 Å². The lowest BCUT2D eigenvalue weighted by Gasteiger charge is -1.96. The van der Waals surface area contributed by atoms with Crippen LogP contribution < -0.4 is 5.32 Å². The minimum Gasteiger partial charge on any atom is -0.358 e. The number of carbonyl (C=O) groups excluding carboxylic acids is 1. The zero-order chi connectivity index (χ0) is 10.3. The standard InChI is InChI=1S/C6H10N4O.C2H6/c1-5-3-10(9-8-5)4-6(11)7-2;1-2/h3H,4H2,1-2H3,(H,7,11);1-2H3. The quantitative estimate of drug-likeness (QED) is 0.722. The third kappa shape index (κ3) is 4.25. The molecule has 0 aliphatic rings. The predicted octanol–water partition coefficient (Wildman–Crippen LogP) is 0.359. The maximum absolute atomic E-state index is 10.8. The largest absolute Gasteiger partial charge is 0.358 e. The number of likely N-dealkylation sites (N-methyl/N-ethyl adjacent to an activating group) is 1. The van der Waals surface area contributed by atoms with Crippen molar-refractivity contribution in [2.75, 3.05) is 7.05 Å². The summed E-state index contributed by atoms with van der Waals surface area (Å²) in [5, 5.41) is 9.94. The van der Waals surface area contributed by atoms with Crippen LogP contribution in [-0.2, 0) is 11.3 Å². The van der Waals surface area contributed by atoms with Gasteiger partial charge in [-0.3, -0.25) is 4.79 Å². The molecule has 0 radical (unpaired) electrons. The highest BCUT2D eigenvalue weighted by molar-refractivity contribution is 5.75. The van der Waals surface area contributed by atoms with Gasteiger partial charge in [0.15, 0.2) is 0 Å². The Labute approximate surface area is 78.1 Å². The van der Waals surface area contributed by atoms with Crippen LogP contribution in [-0.4, -0.2) is 27.9 Å². The highest BCUT2D eigenvalue weighted by atomic mass is 16.1. The Hall–Kier alpha value is -1.39. The van der Waals surface area contributed by atoms with Gasteiger partial charge in [-0.1, -0.05) is 19.1 Å². The first-order valence-corrected chi connectivity index (χ1v) is 4.29. The van der Waals surface area contributed by atoms with E-state index < -0.39 is 0 Å². The summed E-state index contributed by atoms with van der Waals surface area (Å²) < 4.78 is 1.49. The fourth-order valence-electron chi connectivity index (χ4n) is 0.699. The van der Waals surface area contributed by atoms with Crippen LogP contribution in [0.25, 0.3) is 0 Å². The number of hydrogen-bond acceptors (Lipinski definition) is 3. The third-order valence-electron chi connectivity index (χ3n) is 1.24. The van der Waals surface area contributed by atoms with Gasteiger partial charge in [-0.15, -0.1) is 5.10 Å². The Bertz CT molecular complexity index is 256. The highest BCUT2D eigenvalue weighted by Gasteiger charge is 2.00. The predicted molar refractivity (Wildman–Crippen MR) is 50.2 cm³/mol. The second-order valence-electron chi connectivity index (χ2n) is 2.23. The van der Waals surface area contributed by atoms with E-state index in [1.54, 1.807) is 13.2 Å². The van der Waals surface area contributed by atoms with Crippen molar-refractivity contribution in [2.24, 2.45) is 0 Å². The molecule has 1 amide bonds. The van der Waals surface area contributed by atoms with Crippen molar-refractivity contribution in [3.63, 3.8) is 0 Å². The van der Waals surface area contributed by atoms with Crippen molar-refractivity contribution in [2.45, 2.75) is 27.3 Å². The Morgan fingerprint density at radius 1 is 1.62 bits per heavy atom. The average Bonchev–Trinajstić information content (AvgIpc) is 2.54. The van der Waals surface area contributed by atoms with E-state index in [0.29, 0.717) is 0 Å². The van der Waals surface area contributed by atoms with Gasteiger partial charge in [0.2, 0.25) is 5.91 Å². The zero-order valence-corrected chi connectivity index (χ0v) is 8.53. The number of hydrogen-bond donors (Lipinski definition) is 1. The van der Waals surface area contributed by atoms with Crippen molar-refractivity contribution < 1.29 is 4.79 Å². The van der Waals surface area contributed by atoms with Crippen LogP contribution in [0.15, 0.2) is 6.20 Å². The molecule has 1 aromatic rings. The van der Waals surface area contributed by atoms with Crippen molar-refractivity contribution in [1.29, 1.82) is 0 Å². The second kappa shape index (κ2) is 6.16. The minimum atomic E-state index is -0.0742. The van der Waals surface area contributed by atoms with E-state index in [4.69, 9.17) is 0 Å². The van der Waals surface area contributed by atoms with Crippen LogP contribution in [0.4, 0.5) is 0 Å². The molecule has 1 N–H and O–H groups in total. The molecular weight excluding hydrogens is 168 g/mol. The lowest BCUT2D eigenvalue weighted by molar-refractivity contribution is -0.121. The average molecular weight is 184 g/mol. The molecule has 1 heterocycles. The summed E-state index contributed by atoms with van der Waals surface area (Å²) >= 11 is 0. The molecule has 1 rings (SSSR count). The number of nitrogens with one attached hydrogen (secondary N) is 1. The smallest absolute Gasteiger partial charge is 0.241 e. The Morgan fingerprint density at radius 3 is 2.62 bits per heavy atom. The van der Waals surface area contributed by atoms with Crippen LogP contribution in [0.5, 0.6) is 0 Å². The fraction of sp³-hybridized carbons (Fsp3) is 0.625. The molecule has 13 heavy (non-hydrogen) atoms. The third-order valence-corrected chi connectivity index (χ3v) is 1.24. The van der Waals surface area contributed by atoms with Crippen molar-refractivity contribution in [3.05, 3.63) is 11.9 Å². The molecular formula is C8H16N4O. The van der Waals surface area contributed by atoms with E-state index in [-0.39, 0.29) is 12.5 Å². The molecule has 0 fully saturated rings. The molecule has 0 saturated carbocycles. The van der Waals surface area contributed by atoms with Gasteiger partial charge < -0.3 is 5.32 Å². The summed E-state index contributed by atoms with van der Waals surface area (Å²) in [5.41, 5.74) is 0.814. The van der Waals surface area contributed by atoms with Gasteiger partial charge in [-0.05, 0) is 6.92 Å². The van der Waals surface area contributed by atoms with Gasteiger partial charge in [-0.25, -0.2) is 4.68 Å². The monoisotopic (exact) mass is 184 g/mol. The summed E-state index contributed by atoms with van der Waals surface area (Å²) in [5.74, 6) is -0.0742. The molecule has 0 spiro atoms. The van der Waals surface area contributed by atoms with E-state index >= 15 is 0 Å². The highest BCUT2D eigenvalue weighted by Crippen LogP contribution is 1.87. The first-order valence-electron chi connectivity index (χ1n) is 4.29. The summed E-state index contributed by atoms with van der Waals surface area (Å²) in [6.45, 7) is 6.06. The maximum atomic E-state index is 10.8. The van der Waals surface area contributed by atoms with Crippen LogP contribution in [0, 0.1) is 6.92 Å². The summed E-state index contributed by atoms with van der Waals surface area (Å²) in [6, 6.07) is 0. The van der Waals surface area contributed by atoms with Gasteiger partial charge in [0.1, 0.15) is 6.54 Å². The first-order chi connectivity index (χ1) is 6.22. The molecule has 5 nitrogen and oxygen atoms in total. The summed E-state index contributed by atoms with van der Waals surface area (Å²) in [6.07, 6.45) is 1.72. The molecule has 0 unspecified atom stereocenters. The first kappa shape index (κ1) is 11.6. The van der Waals surface area contributed by atoms with Crippen LogP contribution in [0.2, 0.25) is 0 Å². The number of aryl methyl sites for hydroxylation is 1.